The van der Waals surface area contributed by atoms with Gasteiger partial charge in [-0.15, -0.1) is 35.3 Å². The molecule has 5 nitrogen and oxygen atoms in total. The number of hydrogen-bond donors (Lipinski definition) is 2. The number of thioether (sulfide) groups is 1. The summed E-state index contributed by atoms with van der Waals surface area (Å²) >= 11 is 3.54. The molecule has 1 unspecified atom stereocenters. The molecule has 1 aromatic heterocycles. The Morgan fingerprint density at radius 3 is 2.96 bits per heavy atom. The molecule has 144 valence electrons. The fourth-order valence-corrected chi connectivity index (χ4v) is 4.72. The van der Waals surface area contributed by atoms with Gasteiger partial charge in [-0.05, 0) is 32.2 Å². The van der Waals surface area contributed by atoms with E-state index in [0.29, 0.717) is 0 Å². The van der Waals surface area contributed by atoms with Gasteiger partial charge < -0.3 is 10.6 Å². The van der Waals surface area contributed by atoms with E-state index < -0.39 is 0 Å². The molecule has 1 aliphatic heterocycles. The molecule has 2 heterocycles. The van der Waals surface area contributed by atoms with E-state index in [1.165, 1.54) is 32.2 Å². The summed E-state index contributed by atoms with van der Waals surface area (Å²) in [6.07, 6.45) is 8.34. The van der Waals surface area contributed by atoms with Crippen molar-refractivity contribution < 1.29 is 0 Å². The third-order valence-electron chi connectivity index (χ3n) is 4.38. The first kappa shape index (κ1) is 23.0. The standard InChI is InChI=1S/C17H31N5S2.HI/c1-3-15-7-4-5-11-22(15)12-9-20-16(18-2)19-8-6-13-23-17-21-10-14-24-17;/h10,14-15H,3-9,11-13H2,1-2H3,(H2,18,19,20);1H. The first-order chi connectivity index (χ1) is 11.8. The van der Waals surface area contributed by atoms with E-state index in [1.54, 1.807) is 11.3 Å². The zero-order chi connectivity index (χ0) is 17.0. The van der Waals surface area contributed by atoms with Crippen LogP contribution >= 0.6 is 47.1 Å². The zero-order valence-corrected chi connectivity index (χ0v) is 19.3. The van der Waals surface area contributed by atoms with Crippen LogP contribution in [-0.4, -0.2) is 60.9 Å². The first-order valence-corrected chi connectivity index (χ1v) is 10.9. The lowest BCUT2D eigenvalue weighted by molar-refractivity contribution is 0.147. The van der Waals surface area contributed by atoms with E-state index >= 15 is 0 Å². The molecule has 0 radical (unpaired) electrons. The van der Waals surface area contributed by atoms with Crippen molar-refractivity contribution in [1.29, 1.82) is 0 Å². The van der Waals surface area contributed by atoms with Crippen LogP contribution in [0.2, 0.25) is 0 Å². The van der Waals surface area contributed by atoms with Crippen molar-refractivity contribution in [3.63, 3.8) is 0 Å². The van der Waals surface area contributed by atoms with Gasteiger partial charge in [0.2, 0.25) is 0 Å². The highest BCUT2D eigenvalue weighted by molar-refractivity contribution is 14.0. The Labute approximate surface area is 177 Å². The van der Waals surface area contributed by atoms with Gasteiger partial charge >= 0.3 is 0 Å². The van der Waals surface area contributed by atoms with Gasteiger partial charge in [-0.3, -0.25) is 9.89 Å². The van der Waals surface area contributed by atoms with Crippen LogP contribution < -0.4 is 10.6 Å². The van der Waals surface area contributed by atoms with Crippen LogP contribution in [0.25, 0.3) is 0 Å². The summed E-state index contributed by atoms with van der Waals surface area (Å²) in [6, 6.07) is 0.776. The lowest BCUT2D eigenvalue weighted by Crippen LogP contribution is -2.46. The number of hydrogen-bond acceptors (Lipinski definition) is 5. The number of likely N-dealkylation sites (tertiary alicyclic amines) is 1. The largest absolute Gasteiger partial charge is 0.356 e. The molecule has 25 heavy (non-hydrogen) atoms. The smallest absolute Gasteiger partial charge is 0.191 e. The highest BCUT2D eigenvalue weighted by atomic mass is 127. The fraction of sp³-hybridized carbons (Fsp3) is 0.765. The molecule has 0 saturated carbocycles. The van der Waals surface area contributed by atoms with Gasteiger partial charge in [-0.2, -0.15) is 0 Å². The van der Waals surface area contributed by atoms with Gasteiger partial charge in [0.25, 0.3) is 0 Å². The van der Waals surface area contributed by atoms with Gasteiger partial charge in [0.1, 0.15) is 4.34 Å². The molecular formula is C17H32IN5S2. The molecule has 0 spiro atoms. The van der Waals surface area contributed by atoms with Gasteiger partial charge in [0.05, 0.1) is 0 Å². The van der Waals surface area contributed by atoms with Crippen molar-refractivity contribution in [2.75, 3.05) is 39.0 Å². The zero-order valence-electron chi connectivity index (χ0n) is 15.4. The number of nitrogens with one attached hydrogen (secondary N) is 2. The Balaban J connectivity index is 0.00000312. The lowest BCUT2D eigenvalue weighted by atomic mass is 10.0. The average Bonchev–Trinajstić information content (AvgIpc) is 3.13. The highest BCUT2D eigenvalue weighted by Crippen LogP contribution is 2.20. The van der Waals surface area contributed by atoms with Crippen molar-refractivity contribution in [2.45, 2.75) is 49.4 Å². The molecule has 1 saturated heterocycles. The Morgan fingerprint density at radius 2 is 2.24 bits per heavy atom. The summed E-state index contributed by atoms with van der Waals surface area (Å²) < 4.78 is 1.16. The second-order valence-electron chi connectivity index (χ2n) is 6.02. The number of thiazole rings is 1. The SMILES string of the molecule is CCC1CCCCN1CCNC(=NC)NCCCSc1nccs1.I. The molecule has 1 atom stereocenters. The predicted octanol–water partition coefficient (Wildman–Crippen LogP) is 3.67. The maximum atomic E-state index is 4.32. The Morgan fingerprint density at radius 1 is 1.40 bits per heavy atom. The van der Waals surface area contributed by atoms with Gasteiger partial charge in [-0.25, -0.2) is 4.98 Å². The monoisotopic (exact) mass is 497 g/mol. The normalized spacial score (nSPS) is 18.6. The van der Waals surface area contributed by atoms with E-state index in [9.17, 15) is 0 Å². The molecule has 0 amide bonds. The molecule has 8 heteroatoms. The Hall–Kier alpha value is -0.0600. The number of aromatic nitrogens is 1. The van der Waals surface area contributed by atoms with E-state index in [2.05, 4.69) is 32.4 Å². The van der Waals surface area contributed by atoms with Crippen molar-refractivity contribution in [1.82, 2.24) is 20.5 Å². The highest BCUT2D eigenvalue weighted by Gasteiger charge is 2.19. The molecule has 2 rings (SSSR count). The molecule has 2 N–H and O–H groups in total. The van der Waals surface area contributed by atoms with Crippen LogP contribution in [0.3, 0.4) is 0 Å². The summed E-state index contributed by atoms with van der Waals surface area (Å²) in [7, 11) is 1.84. The molecular weight excluding hydrogens is 465 g/mol. The predicted molar refractivity (Wildman–Crippen MR) is 122 cm³/mol. The number of nitrogens with zero attached hydrogens (tertiary/aromatic N) is 3. The van der Waals surface area contributed by atoms with Gasteiger partial charge in [0.15, 0.2) is 5.96 Å². The second kappa shape index (κ2) is 14.1. The van der Waals surface area contributed by atoms with Crippen molar-refractivity contribution in [3.8, 4) is 0 Å². The number of piperidine rings is 1. The minimum atomic E-state index is 0. The summed E-state index contributed by atoms with van der Waals surface area (Å²) in [5.41, 5.74) is 0. The van der Waals surface area contributed by atoms with Crippen molar-refractivity contribution in [3.05, 3.63) is 11.6 Å². The maximum Gasteiger partial charge on any atom is 0.191 e. The third kappa shape index (κ3) is 8.92. The Bertz CT molecular complexity index is 470. The number of halogens is 1. The molecule has 1 aromatic rings. The van der Waals surface area contributed by atoms with Crippen LogP contribution in [0.4, 0.5) is 0 Å². The van der Waals surface area contributed by atoms with E-state index in [4.69, 9.17) is 0 Å². The third-order valence-corrected chi connectivity index (χ3v) is 6.44. The number of aliphatic imine (C=N–C) groups is 1. The van der Waals surface area contributed by atoms with Crippen LogP contribution in [0.1, 0.15) is 39.0 Å². The quantitative estimate of drug-likeness (QED) is 0.179. The molecule has 1 aliphatic rings. The molecule has 0 aromatic carbocycles. The van der Waals surface area contributed by atoms with E-state index in [0.717, 1.165) is 48.1 Å². The number of rotatable bonds is 9. The van der Waals surface area contributed by atoms with E-state index in [-0.39, 0.29) is 24.0 Å². The van der Waals surface area contributed by atoms with E-state index in [1.807, 2.05) is 30.4 Å². The minimum absolute atomic E-state index is 0. The lowest BCUT2D eigenvalue weighted by Gasteiger charge is -2.35. The minimum Gasteiger partial charge on any atom is -0.356 e. The van der Waals surface area contributed by atoms with Crippen LogP contribution in [0, 0.1) is 0 Å². The summed E-state index contributed by atoms with van der Waals surface area (Å²) in [6.45, 7) is 6.57. The summed E-state index contributed by atoms with van der Waals surface area (Å²) in [4.78, 5) is 11.2. The van der Waals surface area contributed by atoms with Crippen LogP contribution in [-0.2, 0) is 0 Å². The average molecular weight is 498 g/mol. The second-order valence-corrected chi connectivity index (χ2v) is 8.26. The van der Waals surface area contributed by atoms with Crippen LogP contribution in [0.15, 0.2) is 20.9 Å². The van der Waals surface area contributed by atoms with Crippen molar-refractivity contribution in [2.24, 2.45) is 4.99 Å². The Kier molecular flexibility index (Phi) is 12.9. The molecule has 0 aliphatic carbocycles. The maximum absolute atomic E-state index is 4.32. The molecule has 0 bridgehead atoms. The summed E-state index contributed by atoms with van der Waals surface area (Å²) in [5.74, 6) is 2.00. The first-order valence-electron chi connectivity index (χ1n) is 9.04. The topological polar surface area (TPSA) is 52.5 Å². The summed E-state index contributed by atoms with van der Waals surface area (Å²) in [5, 5.41) is 8.87. The molecule has 1 fully saturated rings. The number of guanidine groups is 1. The van der Waals surface area contributed by atoms with Gasteiger partial charge in [-0.1, -0.05) is 25.1 Å². The fourth-order valence-electron chi connectivity index (χ4n) is 3.08. The van der Waals surface area contributed by atoms with Gasteiger partial charge in [0, 0.05) is 50.1 Å². The van der Waals surface area contributed by atoms with Crippen LogP contribution in [0.5, 0.6) is 0 Å². The van der Waals surface area contributed by atoms with Crippen molar-refractivity contribution >= 4 is 53.0 Å².